The first-order valence-electron chi connectivity index (χ1n) is 10.3. The highest BCUT2D eigenvalue weighted by atomic mass is 16.6. The average Bonchev–Trinajstić information content (AvgIpc) is 2.83. The molecule has 1 saturated heterocycles. The molecule has 33 heavy (non-hydrogen) atoms. The molecule has 0 bridgehead atoms. The van der Waals surface area contributed by atoms with Crippen molar-refractivity contribution in [2.24, 2.45) is 0 Å². The van der Waals surface area contributed by atoms with Gasteiger partial charge in [-0.1, -0.05) is 6.07 Å². The molecule has 1 aliphatic rings. The average molecular weight is 452 g/mol. The molecule has 172 valence electrons. The Morgan fingerprint density at radius 3 is 2.36 bits per heavy atom. The van der Waals surface area contributed by atoms with Crippen LogP contribution in [0.3, 0.4) is 0 Å². The van der Waals surface area contributed by atoms with Gasteiger partial charge in [-0.2, -0.15) is 4.98 Å². The first kappa shape index (κ1) is 22.1. The normalized spacial score (nSPS) is 13.8. The molecule has 11 nitrogen and oxygen atoms in total. The summed E-state index contributed by atoms with van der Waals surface area (Å²) in [5.74, 6) is 1.62. The number of aryl methyl sites for hydroxylation is 1. The van der Waals surface area contributed by atoms with E-state index in [-0.39, 0.29) is 11.6 Å². The zero-order valence-electron chi connectivity index (χ0n) is 18.6. The summed E-state index contributed by atoms with van der Waals surface area (Å²) >= 11 is 0. The maximum atomic E-state index is 12.9. The minimum atomic E-state index is -0.476. The fourth-order valence-electron chi connectivity index (χ4n) is 3.84. The van der Waals surface area contributed by atoms with Gasteiger partial charge in [-0.15, -0.1) is 0 Å². The number of carbonyl (C=O) groups is 1. The van der Waals surface area contributed by atoms with Gasteiger partial charge in [-0.25, -0.2) is 4.98 Å². The monoisotopic (exact) mass is 452 g/mol. The number of aromatic nitrogens is 2. The van der Waals surface area contributed by atoms with Crippen molar-refractivity contribution in [2.75, 3.05) is 51.0 Å². The predicted molar refractivity (Wildman–Crippen MR) is 123 cm³/mol. The van der Waals surface area contributed by atoms with Crippen molar-refractivity contribution in [3.8, 4) is 11.5 Å². The zero-order chi connectivity index (χ0) is 23.7. The highest BCUT2D eigenvalue weighted by Gasteiger charge is 2.26. The fraction of sp³-hybridized carbons (Fsp3) is 0.318. The Kier molecular flexibility index (Phi) is 5.86. The van der Waals surface area contributed by atoms with Gasteiger partial charge in [0.15, 0.2) is 11.5 Å². The number of ether oxygens (including phenoxy) is 2. The summed E-state index contributed by atoms with van der Waals surface area (Å²) in [6, 6.07) is 8.03. The largest absolute Gasteiger partial charge is 0.493 e. The van der Waals surface area contributed by atoms with Crippen molar-refractivity contribution in [3.63, 3.8) is 0 Å². The number of carbonyl (C=O) groups excluding carboxylic acids is 1. The van der Waals surface area contributed by atoms with Crippen LogP contribution in [0.5, 0.6) is 11.5 Å². The number of benzene rings is 2. The Balaban J connectivity index is 1.52. The quantitative estimate of drug-likeness (QED) is 0.457. The number of nitro benzene ring substituents is 1. The second-order valence-corrected chi connectivity index (χ2v) is 7.67. The molecule has 0 atom stereocenters. The number of fused-ring (bicyclic) bond motifs is 1. The first-order valence-corrected chi connectivity index (χ1v) is 10.3. The van der Waals surface area contributed by atoms with Crippen LogP contribution in [-0.4, -0.2) is 66.1 Å². The molecule has 11 heteroatoms. The van der Waals surface area contributed by atoms with E-state index in [1.165, 1.54) is 6.07 Å². The molecule has 3 aromatic rings. The summed E-state index contributed by atoms with van der Waals surface area (Å²) in [6.45, 7) is 3.49. The third-order valence-corrected chi connectivity index (χ3v) is 5.72. The van der Waals surface area contributed by atoms with E-state index in [1.807, 2.05) is 4.90 Å². The molecule has 2 aromatic carbocycles. The Hall–Kier alpha value is -4.15. The molecule has 0 saturated carbocycles. The molecule has 4 rings (SSSR count). The van der Waals surface area contributed by atoms with Gasteiger partial charge in [0.2, 0.25) is 5.95 Å². The molecule has 1 aromatic heterocycles. The minimum Gasteiger partial charge on any atom is -0.493 e. The first-order chi connectivity index (χ1) is 15.8. The van der Waals surface area contributed by atoms with E-state index in [0.717, 1.165) is 0 Å². The Labute approximate surface area is 189 Å². The smallest absolute Gasteiger partial charge is 0.273 e. The fourth-order valence-corrected chi connectivity index (χ4v) is 3.84. The number of hydrogen-bond donors (Lipinski definition) is 1. The van der Waals surface area contributed by atoms with Crippen LogP contribution in [0.25, 0.3) is 10.9 Å². The van der Waals surface area contributed by atoms with Gasteiger partial charge < -0.3 is 25.0 Å². The van der Waals surface area contributed by atoms with E-state index in [1.54, 1.807) is 50.3 Å². The maximum absolute atomic E-state index is 12.9. The number of nitrogens with two attached hydrogens (primary N) is 1. The van der Waals surface area contributed by atoms with Crippen LogP contribution in [0.4, 0.5) is 17.5 Å². The Morgan fingerprint density at radius 2 is 1.73 bits per heavy atom. The van der Waals surface area contributed by atoms with Gasteiger partial charge in [0.25, 0.3) is 11.6 Å². The van der Waals surface area contributed by atoms with E-state index >= 15 is 0 Å². The number of nitrogen functional groups attached to an aromatic ring is 1. The van der Waals surface area contributed by atoms with Crippen LogP contribution in [-0.2, 0) is 0 Å². The van der Waals surface area contributed by atoms with E-state index < -0.39 is 4.92 Å². The minimum absolute atomic E-state index is 0.0633. The van der Waals surface area contributed by atoms with Crippen LogP contribution in [0.15, 0.2) is 30.3 Å². The van der Waals surface area contributed by atoms with Gasteiger partial charge >= 0.3 is 0 Å². The van der Waals surface area contributed by atoms with Gasteiger partial charge in [-0.05, 0) is 19.1 Å². The standard InChI is InChI=1S/C22H24N6O5/c1-13-4-5-14(10-17(13)28(30)31)21(29)26-6-8-27(9-7-26)22-24-16-12-19(33-3)18(32-2)11-15(16)20(23)25-22/h4-5,10-12H,6-9H2,1-3H3,(H2,23,24,25). The lowest BCUT2D eigenvalue weighted by molar-refractivity contribution is -0.385. The lowest BCUT2D eigenvalue weighted by Crippen LogP contribution is -2.49. The molecule has 1 aliphatic heterocycles. The number of piperazine rings is 1. The molecule has 1 amide bonds. The van der Waals surface area contributed by atoms with Crippen molar-refractivity contribution in [2.45, 2.75) is 6.92 Å². The van der Waals surface area contributed by atoms with E-state index in [0.29, 0.717) is 71.5 Å². The molecule has 1 fully saturated rings. The van der Waals surface area contributed by atoms with Gasteiger partial charge in [0.1, 0.15) is 5.82 Å². The molecule has 0 spiro atoms. The van der Waals surface area contributed by atoms with Crippen LogP contribution >= 0.6 is 0 Å². The summed E-state index contributed by atoms with van der Waals surface area (Å²) in [4.78, 5) is 36.3. The summed E-state index contributed by atoms with van der Waals surface area (Å²) in [5, 5.41) is 11.9. The number of nitro groups is 1. The zero-order valence-corrected chi connectivity index (χ0v) is 18.6. The van der Waals surface area contributed by atoms with E-state index in [2.05, 4.69) is 9.97 Å². The summed E-state index contributed by atoms with van der Waals surface area (Å²) < 4.78 is 10.7. The number of nitrogens with zero attached hydrogens (tertiary/aromatic N) is 5. The van der Waals surface area contributed by atoms with Crippen LogP contribution < -0.4 is 20.1 Å². The second-order valence-electron chi connectivity index (χ2n) is 7.67. The molecule has 0 aliphatic carbocycles. The summed E-state index contributed by atoms with van der Waals surface area (Å²) in [5.41, 5.74) is 7.56. The topological polar surface area (TPSA) is 137 Å². The van der Waals surface area contributed by atoms with Crippen molar-refractivity contribution < 1.29 is 19.2 Å². The van der Waals surface area contributed by atoms with Gasteiger partial charge in [-0.3, -0.25) is 14.9 Å². The van der Waals surface area contributed by atoms with Crippen molar-refractivity contribution in [3.05, 3.63) is 51.6 Å². The maximum Gasteiger partial charge on any atom is 0.273 e. The van der Waals surface area contributed by atoms with Crippen molar-refractivity contribution in [1.82, 2.24) is 14.9 Å². The highest BCUT2D eigenvalue weighted by Crippen LogP contribution is 2.34. The van der Waals surface area contributed by atoms with Crippen LogP contribution in [0.1, 0.15) is 15.9 Å². The molecule has 2 heterocycles. The molecular formula is C22H24N6O5. The lowest BCUT2D eigenvalue weighted by Gasteiger charge is -2.35. The molecule has 0 unspecified atom stereocenters. The number of amides is 1. The van der Waals surface area contributed by atoms with Crippen LogP contribution in [0.2, 0.25) is 0 Å². The predicted octanol–water partition coefficient (Wildman–Crippen LogP) is 2.41. The van der Waals surface area contributed by atoms with Crippen molar-refractivity contribution in [1.29, 1.82) is 0 Å². The van der Waals surface area contributed by atoms with Crippen LogP contribution in [0, 0.1) is 17.0 Å². The molecule has 2 N–H and O–H groups in total. The SMILES string of the molecule is COc1cc2nc(N3CCN(C(=O)c4ccc(C)c([N+](=O)[O-])c4)CC3)nc(N)c2cc1OC. The third kappa shape index (κ3) is 4.16. The Morgan fingerprint density at radius 1 is 1.06 bits per heavy atom. The lowest BCUT2D eigenvalue weighted by atomic mass is 10.1. The van der Waals surface area contributed by atoms with Gasteiger partial charge in [0.05, 0.1) is 24.7 Å². The number of anilines is 2. The molecule has 0 radical (unpaired) electrons. The van der Waals surface area contributed by atoms with Gasteiger partial charge in [0, 0.05) is 54.8 Å². The Bertz CT molecular complexity index is 1240. The number of rotatable bonds is 5. The van der Waals surface area contributed by atoms with E-state index in [9.17, 15) is 14.9 Å². The van der Waals surface area contributed by atoms with E-state index in [4.69, 9.17) is 15.2 Å². The van der Waals surface area contributed by atoms with Crippen molar-refractivity contribution >= 4 is 34.3 Å². The highest BCUT2D eigenvalue weighted by molar-refractivity contribution is 5.95. The third-order valence-electron chi connectivity index (χ3n) is 5.72. The summed E-state index contributed by atoms with van der Waals surface area (Å²) in [7, 11) is 3.10. The number of methoxy groups -OCH3 is 2. The number of hydrogen-bond acceptors (Lipinski definition) is 9. The summed E-state index contributed by atoms with van der Waals surface area (Å²) in [6.07, 6.45) is 0. The second kappa shape index (κ2) is 8.77. The molecular weight excluding hydrogens is 428 g/mol.